The van der Waals surface area contributed by atoms with Gasteiger partial charge in [0, 0.05) is 0 Å². The Morgan fingerprint density at radius 3 is 1.71 bits per heavy atom. The van der Waals surface area contributed by atoms with Crippen molar-refractivity contribution in [1.82, 2.24) is 6.15 Å². The maximum absolute atomic E-state index is 9.40. The molecule has 0 aliphatic heterocycles. The minimum absolute atomic E-state index is 0. The molecule has 4 N–H and O–H groups in total. The van der Waals surface area contributed by atoms with E-state index in [1.807, 2.05) is 0 Å². The van der Waals surface area contributed by atoms with Crippen LogP contribution >= 0.6 is 5.69 Å². The third-order valence-electron chi connectivity index (χ3n) is 0. The number of rotatable bonds is 0. The van der Waals surface area contributed by atoms with Crippen molar-refractivity contribution in [2.75, 3.05) is 0 Å². The molecule has 0 aliphatic rings. The smallest absolute Gasteiger partial charge is 0.819 e. The molecule has 0 aromatic carbocycles. The van der Waals surface area contributed by atoms with Crippen molar-refractivity contribution in [3.05, 3.63) is 0 Å². The van der Waals surface area contributed by atoms with E-state index in [0.717, 1.165) is 0 Å². The Bertz CT molecular complexity index is 61.8. The summed E-state index contributed by atoms with van der Waals surface area (Å²) in [4.78, 5) is 17.1. The summed E-state index contributed by atoms with van der Waals surface area (Å²) in [6.07, 6.45) is 0. The minimum atomic E-state index is -3.47. The SMILES string of the molecule is N.[O-]P(O)(=S)[S-].[Zn+2]. The van der Waals surface area contributed by atoms with Crippen LogP contribution in [0.3, 0.4) is 0 Å². The Labute approximate surface area is 65.2 Å². The molecular weight excluding hydrogens is 207 g/mol. The second-order valence-corrected chi connectivity index (χ2v) is 5.07. The number of hydrogen-bond acceptors (Lipinski definition) is 4. The second kappa shape index (κ2) is 5.64. The van der Waals surface area contributed by atoms with Gasteiger partial charge in [-0.15, -0.1) is 17.5 Å². The van der Waals surface area contributed by atoms with Gasteiger partial charge in [-0.3, -0.25) is 0 Å². The van der Waals surface area contributed by atoms with Crippen LogP contribution in [-0.4, -0.2) is 4.89 Å². The largest absolute Gasteiger partial charge is 2.00 e. The molecule has 1 atom stereocenters. The summed E-state index contributed by atoms with van der Waals surface area (Å²) in [6.45, 7) is 0. The molecule has 0 radical (unpaired) electrons. The molecule has 0 amide bonds. The molecule has 40 valence electrons. The van der Waals surface area contributed by atoms with E-state index in [2.05, 4.69) is 24.1 Å². The topological polar surface area (TPSA) is 78.3 Å². The minimum Gasteiger partial charge on any atom is -0.819 e. The summed E-state index contributed by atoms with van der Waals surface area (Å²) in [5.41, 5.74) is -3.47. The van der Waals surface area contributed by atoms with E-state index in [1.54, 1.807) is 0 Å². The molecule has 7 heteroatoms. The van der Waals surface area contributed by atoms with Gasteiger partial charge in [-0.05, 0) is 0 Å². The Morgan fingerprint density at radius 1 is 1.71 bits per heavy atom. The zero-order chi connectivity index (χ0) is 4.50. The van der Waals surface area contributed by atoms with Crippen LogP contribution in [0.1, 0.15) is 0 Å². The van der Waals surface area contributed by atoms with Gasteiger partial charge in [0.05, 0.1) is 0 Å². The molecule has 0 spiro atoms. The van der Waals surface area contributed by atoms with Crippen molar-refractivity contribution in [2.45, 2.75) is 0 Å². The van der Waals surface area contributed by atoms with Crippen molar-refractivity contribution >= 4 is 29.7 Å². The first kappa shape index (κ1) is 15.8. The molecular formula is H4NO2PS2Zn. The van der Waals surface area contributed by atoms with Crippen molar-refractivity contribution in [2.24, 2.45) is 0 Å². The zero-order valence-electron chi connectivity index (χ0n) is 3.53. The predicted octanol–water partition coefficient (Wildman–Crippen LogP) is -0.730. The van der Waals surface area contributed by atoms with Gasteiger partial charge in [-0.25, -0.2) is 0 Å². The van der Waals surface area contributed by atoms with Crippen molar-refractivity contribution < 1.29 is 29.3 Å². The van der Waals surface area contributed by atoms with Crippen molar-refractivity contribution in [1.29, 1.82) is 0 Å². The van der Waals surface area contributed by atoms with E-state index in [-0.39, 0.29) is 25.6 Å². The van der Waals surface area contributed by atoms with E-state index >= 15 is 0 Å². The van der Waals surface area contributed by atoms with E-state index in [0.29, 0.717) is 0 Å². The molecule has 0 saturated carbocycles. The monoisotopic (exact) mass is 209 g/mol. The Hall–Kier alpha value is 1.50. The summed E-state index contributed by atoms with van der Waals surface area (Å²) in [7, 11) is 0. The maximum Gasteiger partial charge on any atom is 2.00 e. The summed E-state index contributed by atoms with van der Waals surface area (Å²) in [6, 6.07) is 0. The van der Waals surface area contributed by atoms with Gasteiger partial charge in [-0.1, -0.05) is 0 Å². The van der Waals surface area contributed by atoms with E-state index in [9.17, 15) is 4.89 Å². The third kappa shape index (κ3) is 101. The Morgan fingerprint density at radius 2 is 1.71 bits per heavy atom. The Kier molecular flexibility index (Phi) is 12.7. The van der Waals surface area contributed by atoms with Gasteiger partial charge in [0.1, 0.15) is 0 Å². The van der Waals surface area contributed by atoms with Crippen LogP contribution in [0.4, 0.5) is 0 Å². The second-order valence-electron chi connectivity index (χ2n) is 0.469. The Balaban J connectivity index is -0.0000000800. The average molecular weight is 211 g/mol. The van der Waals surface area contributed by atoms with Crippen molar-refractivity contribution in [3.8, 4) is 0 Å². The van der Waals surface area contributed by atoms with E-state index in [1.165, 1.54) is 0 Å². The molecule has 0 rings (SSSR count). The third-order valence-corrected chi connectivity index (χ3v) is 0. The van der Waals surface area contributed by atoms with E-state index < -0.39 is 5.69 Å². The first-order chi connectivity index (χ1) is 2.00. The summed E-state index contributed by atoms with van der Waals surface area (Å²) in [5, 5.41) is 0. The molecule has 3 nitrogen and oxygen atoms in total. The van der Waals surface area contributed by atoms with Crippen LogP contribution in [-0.2, 0) is 43.5 Å². The summed E-state index contributed by atoms with van der Waals surface area (Å²) < 4.78 is 0. The zero-order valence-corrected chi connectivity index (χ0v) is 9.03. The van der Waals surface area contributed by atoms with Gasteiger partial charge < -0.3 is 28.2 Å². The number of hydrogen-bond donors (Lipinski definition) is 2. The van der Waals surface area contributed by atoms with Gasteiger partial charge in [-0.2, -0.15) is 0 Å². The first-order valence-electron chi connectivity index (χ1n) is 0.748. The maximum atomic E-state index is 9.40. The first-order valence-corrected chi connectivity index (χ1v) is 4.43. The molecule has 0 fully saturated rings. The molecule has 0 aromatic rings. The molecule has 0 aromatic heterocycles. The van der Waals surface area contributed by atoms with Gasteiger partial charge in [0.15, 0.2) is 0 Å². The van der Waals surface area contributed by atoms with Gasteiger partial charge in [0.25, 0.3) is 0 Å². The van der Waals surface area contributed by atoms with Crippen LogP contribution in [0.15, 0.2) is 0 Å². The van der Waals surface area contributed by atoms with Gasteiger partial charge >= 0.3 is 19.5 Å². The van der Waals surface area contributed by atoms with Crippen LogP contribution in [0.5, 0.6) is 0 Å². The fraction of sp³-hybridized carbons (Fsp3) is 0. The van der Waals surface area contributed by atoms with Crippen LogP contribution < -0.4 is 11.0 Å². The molecule has 7 heavy (non-hydrogen) atoms. The quantitative estimate of drug-likeness (QED) is 0.313. The predicted molar refractivity (Wildman–Crippen MR) is 28.9 cm³/mol. The summed E-state index contributed by atoms with van der Waals surface area (Å²) >= 11 is 7.50. The molecule has 0 bridgehead atoms. The van der Waals surface area contributed by atoms with Crippen molar-refractivity contribution in [3.63, 3.8) is 0 Å². The fourth-order valence-corrected chi connectivity index (χ4v) is 0. The molecule has 1 unspecified atom stereocenters. The fourth-order valence-electron chi connectivity index (χ4n) is 0. The summed E-state index contributed by atoms with van der Waals surface area (Å²) in [5.74, 6) is 0. The molecule has 0 saturated heterocycles. The molecule has 0 heterocycles. The normalized spacial score (nSPS) is 15.3. The van der Waals surface area contributed by atoms with E-state index in [4.69, 9.17) is 4.89 Å². The van der Waals surface area contributed by atoms with Crippen LogP contribution in [0.2, 0.25) is 0 Å². The van der Waals surface area contributed by atoms with Crippen LogP contribution in [0.25, 0.3) is 0 Å². The standard InChI is InChI=1S/H3N.H3O2PS2.Zn/c;1-3(2,4)5;/h1H3;(H3,1,2,4,5);/q;;+2/p-2. The van der Waals surface area contributed by atoms with Crippen LogP contribution in [0, 0.1) is 0 Å². The average Bonchev–Trinajstić information content (AvgIpc) is 0.722. The molecule has 0 aliphatic carbocycles. The van der Waals surface area contributed by atoms with Gasteiger partial charge in [0.2, 0.25) is 0 Å².